The third kappa shape index (κ3) is 3.23. The van der Waals surface area contributed by atoms with Gasteiger partial charge in [-0.05, 0) is 38.0 Å². The number of ether oxygens (including phenoxy) is 1. The smallest absolute Gasteiger partial charge is 0.0643 e. The summed E-state index contributed by atoms with van der Waals surface area (Å²) in [5.74, 6) is 0.738. The molecule has 0 aliphatic heterocycles. The van der Waals surface area contributed by atoms with E-state index < -0.39 is 0 Å². The van der Waals surface area contributed by atoms with E-state index in [4.69, 9.17) is 16.2 Å². The van der Waals surface area contributed by atoms with Gasteiger partial charge >= 0.3 is 0 Å². The highest BCUT2D eigenvalue weighted by molar-refractivity contribution is 4.89. The SMILES string of the molecule is C[C@@H]1CC[C@@H](N)CC1OC1C[C@H](N)C[C@H](O)[C@H]1C. The lowest BCUT2D eigenvalue weighted by Crippen LogP contribution is -2.48. The van der Waals surface area contributed by atoms with E-state index in [1.54, 1.807) is 0 Å². The average molecular weight is 256 g/mol. The van der Waals surface area contributed by atoms with E-state index in [2.05, 4.69) is 13.8 Å². The summed E-state index contributed by atoms with van der Waals surface area (Å²) in [4.78, 5) is 0. The lowest BCUT2D eigenvalue weighted by Gasteiger charge is -2.41. The van der Waals surface area contributed by atoms with E-state index in [1.165, 1.54) is 0 Å². The molecule has 2 aliphatic carbocycles. The van der Waals surface area contributed by atoms with Crippen LogP contribution >= 0.6 is 0 Å². The van der Waals surface area contributed by atoms with Gasteiger partial charge in [-0.3, -0.25) is 0 Å². The third-order valence-corrected chi connectivity index (χ3v) is 4.78. The molecule has 18 heavy (non-hydrogen) atoms. The molecule has 5 N–H and O–H groups in total. The van der Waals surface area contributed by atoms with E-state index >= 15 is 0 Å². The maximum Gasteiger partial charge on any atom is 0.0643 e. The molecule has 2 aliphatic rings. The Morgan fingerprint density at radius 2 is 1.61 bits per heavy atom. The lowest BCUT2D eigenvalue weighted by molar-refractivity contribution is -0.120. The molecule has 4 nitrogen and oxygen atoms in total. The fraction of sp³-hybridized carbons (Fsp3) is 1.00. The number of rotatable bonds is 2. The molecular formula is C14H28N2O2. The average Bonchev–Trinajstić information content (AvgIpc) is 2.30. The van der Waals surface area contributed by atoms with Crippen molar-refractivity contribution >= 4 is 0 Å². The summed E-state index contributed by atoms with van der Waals surface area (Å²) in [5, 5.41) is 9.98. The van der Waals surface area contributed by atoms with E-state index in [-0.39, 0.29) is 36.3 Å². The first kappa shape index (κ1) is 14.3. The highest BCUT2D eigenvalue weighted by atomic mass is 16.5. The summed E-state index contributed by atoms with van der Waals surface area (Å²) < 4.78 is 6.25. The first-order chi connectivity index (χ1) is 8.47. The van der Waals surface area contributed by atoms with Gasteiger partial charge in [0.05, 0.1) is 18.3 Å². The Morgan fingerprint density at radius 1 is 0.944 bits per heavy atom. The predicted octanol–water partition coefficient (Wildman–Crippen LogP) is 1.01. The highest BCUT2D eigenvalue weighted by Gasteiger charge is 2.37. The van der Waals surface area contributed by atoms with Crippen LogP contribution in [0.5, 0.6) is 0 Å². The monoisotopic (exact) mass is 256 g/mol. The Hall–Kier alpha value is -0.160. The van der Waals surface area contributed by atoms with Gasteiger partial charge in [0.25, 0.3) is 0 Å². The molecule has 0 saturated heterocycles. The summed E-state index contributed by atoms with van der Waals surface area (Å²) in [6.45, 7) is 4.30. The number of hydrogen-bond donors (Lipinski definition) is 3. The fourth-order valence-electron chi connectivity index (χ4n) is 3.29. The Labute approximate surface area is 110 Å². The molecule has 0 amide bonds. The van der Waals surface area contributed by atoms with Crippen LogP contribution in [0, 0.1) is 11.8 Å². The van der Waals surface area contributed by atoms with E-state index in [0.29, 0.717) is 12.3 Å². The Kier molecular flexibility index (Phi) is 4.64. The topological polar surface area (TPSA) is 81.5 Å². The Bertz CT molecular complexity index is 275. The lowest BCUT2D eigenvalue weighted by atomic mass is 9.81. The number of aliphatic hydroxyl groups excluding tert-OH is 1. The quantitative estimate of drug-likeness (QED) is 0.688. The van der Waals surface area contributed by atoms with Crippen LogP contribution in [0.1, 0.15) is 46.0 Å². The van der Waals surface area contributed by atoms with Crippen LogP contribution < -0.4 is 11.5 Å². The summed E-state index contributed by atoms with van der Waals surface area (Å²) >= 11 is 0. The summed E-state index contributed by atoms with van der Waals surface area (Å²) in [7, 11) is 0. The van der Waals surface area contributed by atoms with Crippen LogP contribution in [0.4, 0.5) is 0 Å². The molecule has 0 heterocycles. The number of hydrogen-bond acceptors (Lipinski definition) is 4. The first-order valence-corrected chi connectivity index (χ1v) is 7.32. The number of aliphatic hydroxyl groups is 1. The van der Waals surface area contributed by atoms with Crippen molar-refractivity contribution in [2.24, 2.45) is 23.3 Å². The van der Waals surface area contributed by atoms with Gasteiger partial charge in [-0.1, -0.05) is 13.8 Å². The van der Waals surface area contributed by atoms with Crippen LogP contribution in [0.25, 0.3) is 0 Å². The molecule has 0 aromatic rings. The van der Waals surface area contributed by atoms with E-state index in [1.807, 2.05) is 0 Å². The molecule has 0 spiro atoms. The maximum atomic E-state index is 9.98. The second-order valence-electron chi connectivity index (χ2n) is 6.42. The van der Waals surface area contributed by atoms with Gasteiger partial charge in [0, 0.05) is 18.0 Å². The van der Waals surface area contributed by atoms with Gasteiger partial charge in [0.1, 0.15) is 0 Å². The zero-order valence-electron chi connectivity index (χ0n) is 11.6. The van der Waals surface area contributed by atoms with Crippen molar-refractivity contribution in [3.05, 3.63) is 0 Å². The van der Waals surface area contributed by atoms with Crippen molar-refractivity contribution in [2.45, 2.75) is 76.3 Å². The zero-order chi connectivity index (χ0) is 13.3. The molecule has 2 saturated carbocycles. The van der Waals surface area contributed by atoms with E-state index in [0.717, 1.165) is 25.7 Å². The molecule has 4 heteroatoms. The normalized spacial score (nSPS) is 50.2. The van der Waals surface area contributed by atoms with Crippen molar-refractivity contribution in [1.82, 2.24) is 0 Å². The molecule has 0 aromatic carbocycles. The van der Waals surface area contributed by atoms with Gasteiger partial charge in [-0.15, -0.1) is 0 Å². The molecule has 2 unspecified atom stereocenters. The summed E-state index contributed by atoms with van der Waals surface area (Å²) in [6.07, 6.45) is 4.73. The van der Waals surface area contributed by atoms with Crippen molar-refractivity contribution in [3.63, 3.8) is 0 Å². The van der Waals surface area contributed by atoms with Crippen molar-refractivity contribution in [2.75, 3.05) is 0 Å². The minimum atomic E-state index is -0.327. The van der Waals surface area contributed by atoms with Crippen LogP contribution in [0.3, 0.4) is 0 Å². The fourth-order valence-corrected chi connectivity index (χ4v) is 3.29. The largest absolute Gasteiger partial charge is 0.393 e. The van der Waals surface area contributed by atoms with Crippen molar-refractivity contribution in [1.29, 1.82) is 0 Å². The molecule has 2 rings (SSSR count). The third-order valence-electron chi connectivity index (χ3n) is 4.78. The van der Waals surface area contributed by atoms with Crippen LogP contribution in [-0.2, 0) is 4.74 Å². The van der Waals surface area contributed by atoms with Gasteiger partial charge in [0.2, 0.25) is 0 Å². The standard InChI is InChI=1S/C14H28N2O2/c1-8-3-4-10(15)6-13(8)18-14-7-11(16)5-12(17)9(14)2/h8-14,17H,3-7,15-16H2,1-2H3/t8-,9-,10-,11-,12+,13?,14?/m1/s1. The molecule has 106 valence electrons. The molecular weight excluding hydrogens is 228 g/mol. The number of nitrogens with two attached hydrogens (primary N) is 2. The van der Waals surface area contributed by atoms with Crippen LogP contribution in [-0.4, -0.2) is 35.5 Å². The summed E-state index contributed by atoms with van der Waals surface area (Å²) in [6, 6.07) is 0.331. The van der Waals surface area contributed by atoms with Gasteiger partial charge < -0.3 is 21.3 Å². The highest BCUT2D eigenvalue weighted by Crippen LogP contribution is 2.32. The van der Waals surface area contributed by atoms with Crippen molar-refractivity contribution < 1.29 is 9.84 Å². The van der Waals surface area contributed by atoms with Crippen LogP contribution in [0.2, 0.25) is 0 Å². The molecule has 7 atom stereocenters. The molecule has 0 bridgehead atoms. The Balaban J connectivity index is 1.94. The summed E-state index contributed by atoms with van der Waals surface area (Å²) in [5.41, 5.74) is 12.0. The first-order valence-electron chi connectivity index (χ1n) is 7.32. The predicted molar refractivity (Wildman–Crippen MR) is 72.0 cm³/mol. The minimum Gasteiger partial charge on any atom is -0.393 e. The van der Waals surface area contributed by atoms with Gasteiger partial charge in [-0.2, -0.15) is 0 Å². The molecule has 0 radical (unpaired) electrons. The Morgan fingerprint density at radius 3 is 2.33 bits per heavy atom. The minimum absolute atomic E-state index is 0.0637. The van der Waals surface area contributed by atoms with Gasteiger partial charge in [-0.25, -0.2) is 0 Å². The van der Waals surface area contributed by atoms with Gasteiger partial charge in [0.15, 0.2) is 0 Å². The van der Waals surface area contributed by atoms with Crippen LogP contribution in [0.15, 0.2) is 0 Å². The zero-order valence-corrected chi connectivity index (χ0v) is 11.6. The second-order valence-corrected chi connectivity index (χ2v) is 6.42. The van der Waals surface area contributed by atoms with Crippen molar-refractivity contribution in [3.8, 4) is 0 Å². The molecule has 2 fully saturated rings. The second kappa shape index (κ2) is 5.87. The molecule has 0 aromatic heterocycles. The maximum absolute atomic E-state index is 9.98. The van der Waals surface area contributed by atoms with E-state index in [9.17, 15) is 5.11 Å².